The van der Waals surface area contributed by atoms with Gasteiger partial charge in [-0.25, -0.2) is 0 Å². The molecule has 0 radical (unpaired) electrons. The first-order valence-corrected chi connectivity index (χ1v) is 6.26. The molecule has 1 heterocycles. The third kappa shape index (κ3) is 2.61. The average molecular weight is 261 g/mol. The Morgan fingerprint density at radius 1 is 1.37 bits per heavy atom. The van der Waals surface area contributed by atoms with Crippen molar-refractivity contribution in [2.45, 2.75) is 26.8 Å². The van der Waals surface area contributed by atoms with Crippen LogP contribution in [0, 0.1) is 5.41 Å². The molecule has 0 unspecified atom stereocenters. The molecule has 0 fully saturated rings. The third-order valence-electron chi connectivity index (χ3n) is 3.24. The number of para-hydroxylation sites is 2. The molecule has 0 aliphatic carbocycles. The van der Waals surface area contributed by atoms with Crippen molar-refractivity contribution in [1.82, 2.24) is 0 Å². The standard InChI is InChI=1S/C14H19N3O2/c1-14(2,3)12(15)13(19)17-8-11(18)16-9-6-4-5-7-10(9)17/h4-7,12H,8,15H2,1-3H3,(H,16,18)/t12-/m0/s1. The van der Waals surface area contributed by atoms with Crippen LogP contribution in [0.5, 0.6) is 0 Å². The summed E-state index contributed by atoms with van der Waals surface area (Å²) in [5, 5.41) is 2.75. The van der Waals surface area contributed by atoms with E-state index in [1.807, 2.05) is 39.0 Å². The van der Waals surface area contributed by atoms with Gasteiger partial charge < -0.3 is 11.1 Å². The number of hydrogen-bond donors (Lipinski definition) is 2. The Hall–Kier alpha value is -1.88. The molecule has 0 aromatic heterocycles. The molecule has 19 heavy (non-hydrogen) atoms. The van der Waals surface area contributed by atoms with E-state index in [0.717, 1.165) is 0 Å². The lowest BCUT2D eigenvalue weighted by Gasteiger charge is -2.34. The fraction of sp³-hybridized carbons (Fsp3) is 0.429. The van der Waals surface area contributed by atoms with Crippen LogP contribution in [0.2, 0.25) is 0 Å². The van der Waals surface area contributed by atoms with Gasteiger partial charge in [0.2, 0.25) is 11.8 Å². The molecule has 5 nitrogen and oxygen atoms in total. The molecule has 2 amide bonds. The molecule has 0 bridgehead atoms. The van der Waals surface area contributed by atoms with E-state index in [2.05, 4.69) is 5.32 Å². The highest BCUT2D eigenvalue weighted by molar-refractivity contribution is 6.11. The van der Waals surface area contributed by atoms with Crippen LogP contribution in [-0.4, -0.2) is 24.4 Å². The van der Waals surface area contributed by atoms with Crippen molar-refractivity contribution in [2.75, 3.05) is 16.8 Å². The molecule has 1 aromatic carbocycles. The van der Waals surface area contributed by atoms with E-state index < -0.39 is 6.04 Å². The molecule has 0 spiro atoms. The number of amides is 2. The number of rotatable bonds is 1. The number of carbonyl (C=O) groups is 2. The van der Waals surface area contributed by atoms with E-state index in [9.17, 15) is 9.59 Å². The lowest BCUT2D eigenvalue weighted by Crippen LogP contribution is -2.53. The average Bonchev–Trinajstić information content (AvgIpc) is 2.34. The van der Waals surface area contributed by atoms with Gasteiger partial charge in [0.25, 0.3) is 0 Å². The summed E-state index contributed by atoms with van der Waals surface area (Å²) in [4.78, 5) is 25.6. The van der Waals surface area contributed by atoms with Crippen molar-refractivity contribution in [3.63, 3.8) is 0 Å². The molecule has 1 aliphatic heterocycles. The Morgan fingerprint density at radius 2 is 2.00 bits per heavy atom. The predicted molar refractivity (Wildman–Crippen MR) is 74.9 cm³/mol. The monoisotopic (exact) mass is 261 g/mol. The molecular formula is C14H19N3O2. The highest BCUT2D eigenvalue weighted by atomic mass is 16.2. The largest absolute Gasteiger partial charge is 0.323 e. The molecular weight excluding hydrogens is 242 g/mol. The highest BCUT2D eigenvalue weighted by Crippen LogP contribution is 2.30. The Morgan fingerprint density at radius 3 is 2.63 bits per heavy atom. The van der Waals surface area contributed by atoms with E-state index in [1.165, 1.54) is 4.90 Å². The maximum atomic E-state index is 12.5. The van der Waals surface area contributed by atoms with E-state index >= 15 is 0 Å². The minimum absolute atomic E-state index is 0.0135. The van der Waals surface area contributed by atoms with Crippen LogP contribution in [-0.2, 0) is 9.59 Å². The fourth-order valence-corrected chi connectivity index (χ4v) is 1.97. The van der Waals surface area contributed by atoms with Crippen LogP contribution >= 0.6 is 0 Å². The summed E-state index contributed by atoms with van der Waals surface area (Å²) in [6.07, 6.45) is 0. The quantitative estimate of drug-likeness (QED) is 0.801. The number of anilines is 2. The zero-order chi connectivity index (χ0) is 14.2. The normalized spacial score (nSPS) is 16.6. The summed E-state index contributed by atoms with van der Waals surface area (Å²) < 4.78 is 0. The number of fused-ring (bicyclic) bond motifs is 1. The molecule has 5 heteroatoms. The van der Waals surface area contributed by atoms with Gasteiger partial charge in [-0.2, -0.15) is 0 Å². The SMILES string of the molecule is CC(C)(C)[C@@H](N)C(=O)N1CC(=O)Nc2ccccc21. The molecule has 1 aliphatic rings. The van der Waals surface area contributed by atoms with Crippen molar-refractivity contribution in [2.24, 2.45) is 11.1 Å². The summed E-state index contributed by atoms with van der Waals surface area (Å²) in [6.45, 7) is 5.74. The molecule has 0 saturated carbocycles. The second kappa shape index (κ2) is 4.66. The zero-order valence-corrected chi connectivity index (χ0v) is 11.4. The van der Waals surface area contributed by atoms with Gasteiger partial charge in [-0.05, 0) is 17.5 Å². The smallest absolute Gasteiger partial charge is 0.244 e. The fourth-order valence-electron chi connectivity index (χ4n) is 1.97. The maximum absolute atomic E-state index is 12.5. The molecule has 102 valence electrons. The first-order valence-electron chi connectivity index (χ1n) is 6.26. The molecule has 0 saturated heterocycles. The van der Waals surface area contributed by atoms with Crippen molar-refractivity contribution < 1.29 is 9.59 Å². The van der Waals surface area contributed by atoms with Crippen LogP contribution in [0.1, 0.15) is 20.8 Å². The van der Waals surface area contributed by atoms with Crippen molar-refractivity contribution >= 4 is 23.2 Å². The van der Waals surface area contributed by atoms with Crippen molar-refractivity contribution in [3.05, 3.63) is 24.3 Å². The van der Waals surface area contributed by atoms with Gasteiger partial charge in [-0.1, -0.05) is 32.9 Å². The second-order valence-electron chi connectivity index (χ2n) is 5.83. The summed E-state index contributed by atoms with van der Waals surface area (Å²) in [5.74, 6) is -0.428. The minimum Gasteiger partial charge on any atom is -0.323 e. The van der Waals surface area contributed by atoms with Gasteiger partial charge in [-0.3, -0.25) is 14.5 Å². The van der Waals surface area contributed by atoms with Crippen LogP contribution in [0.4, 0.5) is 11.4 Å². The Labute approximate surface area is 112 Å². The van der Waals surface area contributed by atoms with E-state index in [1.54, 1.807) is 6.07 Å². The summed E-state index contributed by atoms with van der Waals surface area (Å²) in [5.41, 5.74) is 7.00. The van der Waals surface area contributed by atoms with Gasteiger partial charge in [0, 0.05) is 0 Å². The van der Waals surface area contributed by atoms with Gasteiger partial charge in [0.05, 0.1) is 17.4 Å². The van der Waals surface area contributed by atoms with Crippen LogP contribution in [0.25, 0.3) is 0 Å². The van der Waals surface area contributed by atoms with Gasteiger partial charge in [-0.15, -0.1) is 0 Å². The first kappa shape index (κ1) is 13.5. The number of benzene rings is 1. The predicted octanol–water partition coefficient (Wildman–Crippen LogP) is 1.35. The molecule has 2 rings (SSSR count). The summed E-state index contributed by atoms with van der Waals surface area (Å²) in [7, 11) is 0. The number of nitrogens with one attached hydrogen (secondary N) is 1. The van der Waals surface area contributed by atoms with E-state index in [-0.39, 0.29) is 23.8 Å². The number of carbonyl (C=O) groups excluding carboxylic acids is 2. The van der Waals surface area contributed by atoms with Crippen LogP contribution < -0.4 is 16.0 Å². The van der Waals surface area contributed by atoms with Gasteiger partial charge >= 0.3 is 0 Å². The maximum Gasteiger partial charge on any atom is 0.244 e. The summed E-state index contributed by atoms with van der Waals surface area (Å²) >= 11 is 0. The number of nitrogens with two attached hydrogens (primary N) is 1. The van der Waals surface area contributed by atoms with Crippen molar-refractivity contribution in [3.8, 4) is 0 Å². The van der Waals surface area contributed by atoms with Crippen LogP contribution in [0.3, 0.4) is 0 Å². The highest BCUT2D eigenvalue weighted by Gasteiger charge is 2.35. The molecule has 1 atom stereocenters. The van der Waals surface area contributed by atoms with Crippen molar-refractivity contribution in [1.29, 1.82) is 0 Å². The van der Waals surface area contributed by atoms with E-state index in [4.69, 9.17) is 5.73 Å². The topological polar surface area (TPSA) is 75.4 Å². The van der Waals surface area contributed by atoms with Crippen LogP contribution in [0.15, 0.2) is 24.3 Å². The zero-order valence-electron chi connectivity index (χ0n) is 11.4. The first-order chi connectivity index (χ1) is 8.80. The minimum atomic E-state index is -0.647. The number of hydrogen-bond acceptors (Lipinski definition) is 3. The van der Waals surface area contributed by atoms with E-state index in [0.29, 0.717) is 11.4 Å². The second-order valence-corrected chi connectivity index (χ2v) is 5.83. The molecule has 1 aromatic rings. The third-order valence-corrected chi connectivity index (χ3v) is 3.24. The molecule has 3 N–H and O–H groups in total. The Bertz CT molecular complexity index is 520. The summed E-state index contributed by atoms with van der Waals surface area (Å²) in [6, 6.07) is 6.58. The lowest BCUT2D eigenvalue weighted by molar-refractivity contribution is -0.124. The van der Waals surface area contributed by atoms with Gasteiger partial charge in [0.1, 0.15) is 6.54 Å². The Balaban J connectivity index is 2.36. The Kier molecular flexibility index (Phi) is 3.32. The van der Waals surface area contributed by atoms with Gasteiger partial charge in [0.15, 0.2) is 0 Å². The lowest BCUT2D eigenvalue weighted by atomic mass is 9.86. The number of nitrogens with zero attached hydrogens (tertiary/aromatic N) is 1.